The summed E-state index contributed by atoms with van der Waals surface area (Å²) in [5.74, 6) is 0.456. The van der Waals surface area contributed by atoms with Gasteiger partial charge in [0.05, 0.1) is 4.47 Å². The normalized spacial score (nSPS) is 11.8. The molecule has 0 radical (unpaired) electrons. The van der Waals surface area contributed by atoms with Gasteiger partial charge in [0.1, 0.15) is 11.8 Å². The van der Waals surface area contributed by atoms with E-state index in [1.165, 1.54) is 0 Å². The van der Waals surface area contributed by atoms with Gasteiger partial charge in [0.2, 0.25) is 5.91 Å². The molecule has 4 rings (SSSR count). The van der Waals surface area contributed by atoms with Crippen LogP contribution in [0.4, 0.5) is 0 Å². The zero-order chi connectivity index (χ0) is 26.9. The number of nitrogens with zero attached hydrogens (tertiary/aromatic N) is 1. The van der Waals surface area contributed by atoms with Gasteiger partial charge in [0, 0.05) is 19.5 Å². The fourth-order valence-corrected chi connectivity index (χ4v) is 4.91. The van der Waals surface area contributed by atoms with Gasteiger partial charge in [-0.25, -0.2) is 0 Å². The van der Waals surface area contributed by atoms with Crippen LogP contribution in [0.25, 0.3) is 10.8 Å². The summed E-state index contributed by atoms with van der Waals surface area (Å²) in [5, 5.41) is 5.13. The summed E-state index contributed by atoms with van der Waals surface area (Å²) in [6.07, 6.45) is 0.406. The van der Waals surface area contributed by atoms with Gasteiger partial charge in [-0.2, -0.15) is 0 Å². The number of hydrogen-bond acceptors (Lipinski definition) is 3. The van der Waals surface area contributed by atoms with Crippen LogP contribution in [0.3, 0.4) is 0 Å². The lowest BCUT2D eigenvalue weighted by molar-refractivity contribution is -0.142. The number of halogens is 1. The van der Waals surface area contributed by atoms with E-state index < -0.39 is 6.04 Å². The van der Waals surface area contributed by atoms with Gasteiger partial charge in [-0.3, -0.25) is 9.59 Å². The smallest absolute Gasteiger partial charge is 0.261 e. The van der Waals surface area contributed by atoms with Crippen molar-refractivity contribution < 1.29 is 14.3 Å². The van der Waals surface area contributed by atoms with E-state index in [0.717, 1.165) is 26.4 Å². The zero-order valence-corrected chi connectivity index (χ0v) is 23.4. The molecule has 0 spiro atoms. The number of carbonyl (C=O) groups is 2. The number of carbonyl (C=O) groups excluding carboxylic acids is 2. The summed E-state index contributed by atoms with van der Waals surface area (Å²) in [6, 6.07) is 30.7. The summed E-state index contributed by atoms with van der Waals surface area (Å²) >= 11 is 3.64. The fraction of sp³-hybridized carbons (Fsp3) is 0.250. The molecule has 0 aliphatic carbocycles. The Morgan fingerprint density at radius 1 is 0.842 bits per heavy atom. The minimum atomic E-state index is -0.687. The SMILES string of the molecule is CC(C)CNC(=O)[C@H](Cc1ccccc1)N(Cc1ccccc1)C(=O)COc1ccc2ccccc2c1Br. The van der Waals surface area contributed by atoms with Crippen molar-refractivity contribution in [3.05, 3.63) is 113 Å². The predicted octanol–water partition coefficient (Wildman–Crippen LogP) is 6.39. The Morgan fingerprint density at radius 2 is 1.47 bits per heavy atom. The summed E-state index contributed by atoms with van der Waals surface area (Å²) < 4.78 is 6.83. The van der Waals surface area contributed by atoms with E-state index in [-0.39, 0.29) is 18.4 Å². The molecule has 0 heterocycles. The predicted molar refractivity (Wildman–Crippen MR) is 156 cm³/mol. The van der Waals surface area contributed by atoms with Crippen LogP contribution in [0.5, 0.6) is 5.75 Å². The van der Waals surface area contributed by atoms with Crippen molar-refractivity contribution in [2.45, 2.75) is 32.9 Å². The van der Waals surface area contributed by atoms with E-state index in [1.54, 1.807) is 4.90 Å². The van der Waals surface area contributed by atoms with Crippen molar-refractivity contribution in [3.63, 3.8) is 0 Å². The number of nitrogens with one attached hydrogen (secondary N) is 1. The molecular formula is C32H33BrN2O3. The highest BCUT2D eigenvalue weighted by Crippen LogP contribution is 2.33. The van der Waals surface area contributed by atoms with Crippen LogP contribution in [-0.4, -0.2) is 35.9 Å². The molecule has 5 nitrogen and oxygen atoms in total. The monoisotopic (exact) mass is 572 g/mol. The highest BCUT2D eigenvalue weighted by Gasteiger charge is 2.30. The van der Waals surface area contributed by atoms with E-state index in [9.17, 15) is 9.59 Å². The molecule has 38 heavy (non-hydrogen) atoms. The van der Waals surface area contributed by atoms with E-state index in [4.69, 9.17) is 4.74 Å². The van der Waals surface area contributed by atoms with Crippen LogP contribution in [0.1, 0.15) is 25.0 Å². The highest BCUT2D eigenvalue weighted by atomic mass is 79.9. The summed E-state index contributed by atoms with van der Waals surface area (Å²) in [7, 11) is 0. The van der Waals surface area contributed by atoms with Crippen molar-refractivity contribution in [2.75, 3.05) is 13.2 Å². The molecule has 0 aliphatic heterocycles. The van der Waals surface area contributed by atoms with Gasteiger partial charge in [-0.15, -0.1) is 0 Å². The first-order chi connectivity index (χ1) is 18.4. The van der Waals surface area contributed by atoms with Crippen molar-refractivity contribution in [3.8, 4) is 5.75 Å². The quantitative estimate of drug-likeness (QED) is 0.226. The second-order valence-electron chi connectivity index (χ2n) is 9.74. The van der Waals surface area contributed by atoms with Gasteiger partial charge in [0.15, 0.2) is 6.61 Å². The first kappa shape index (κ1) is 27.4. The summed E-state index contributed by atoms with van der Waals surface area (Å²) in [6.45, 7) is 4.75. The van der Waals surface area contributed by atoms with Gasteiger partial charge >= 0.3 is 0 Å². The summed E-state index contributed by atoms with van der Waals surface area (Å²) in [5.41, 5.74) is 1.93. The molecule has 196 valence electrons. The average molecular weight is 574 g/mol. The molecule has 1 N–H and O–H groups in total. The first-order valence-corrected chi connectivity index (χ1v) is 13.7. The maximum absolute atomic E-state index is 13.8. The number of hydrogen-bond donors (Lipinski definition) is 1. The van der Waals surface area contributed by atoms with Crippen LogP contribution in [0.2, 0.25) is 0 Å². The standard InChI is InChI=1S/C32H33BrN2O3/c1-23(2)20-34-32(37)28(19-24-11-5-3-6-12-24)35(21-25-13-7-4-8-14-25)30(36)22-38-29-18-17-26-15-9-10-16-27(26)31(29)33/h3-18,23,28H,19-22H2,1-2H3,(H,34,37)/t28-/m0/s1. The lowest BCUT2D eigenvalue weighted by Crippen LogP contribution is -2.52. The van der Waals surface area contributed by atoms with Crippen molar-refractivity contribution in [1.29, 1.82) is 0 Å². The van der Waals surface area contributed by atoms with Gasteiger partial charge < -0.3 is 15.0 Å². The van der Waals surface area contributed by atoms with Gasteiger partial charge in [-0.05, 0) is 49.8 Å². The number of amides is 2. The van der Waals surface area contributed by atoms with Gasteiger partial charge in [-0.1, -0.05) is 105 Å². The Balaban J connectivity index is 1.61. The largest absolute Gasteiger partial charge is 0.483 e. The maximum Gasteiger partial charge on any atom is 0.261 e. The second kappa shape index (κ2) is 13.2. The van der Waals surface area contributed by atoms with Crippen LogP contribution < -0.4 is 10.1 Å². The van der Waals surface area contributed by atoms with E-state index in [0.29, 0.717) is 31.2 Å². The molecule has 0 saturated carbocycles. The second-order valence-corrected chi connectivity index (χ2v) is 10.5. The van der Waals surface area contributed by atoms with Crippen molar-refractivity contribution >= 4 is 38.5 Å². The van der Waals surface area contributed by atoms with Crippen LogP contribution in [-0.2, 0) is 22.6 Å². The molecule has 0 fully saturated rings. The van der Waals surface area contributed by atoms with Gasteiger partial charge in [0.25, 0.3) is 5.91 Å². The molecule has 2 amide bonds. The molecule has 0 aliphatic rings. The van der Waals surface area contributed by atoms with Crippen LogP contribution in [0, 0.1) is 5.92 Å². The van der Waals surface area contributed by atoms with E-state index in [1.807, 2.05) is 97.1 Å². The molecule has 0 bridgehead atoms. The molecular weight excluding hydrogens is 540 g/mol. The van der Waals surface area contributed by atoms with E-state index >= 15 is 0 Å². The average Bonchev–Trinajstić information content (AvgIpc) is 2.94. The highest BCUT2D eigenvalue weighted by molar-refractivity contribution is 9.10. The van der Waals surface area contributed by atoms with Crippen LogP contribution >= 0.6 is 15.9 Å². The maximum atomic E-state index is 13.8. The third-order valence-electron chi connectivity index (χ3n) is 6.33. The lowest BCUT2D eigenvalue weighted by Gasteiger charge is -2.31. The van der Waals surface area contributed by atoms with Crippen molar-refractivity contribution in [1.82, 2.24) is 10.2 Å². The van der Waals surface area contributed by atoms with Crippen molar-refractivity contribution in [2.24, 2.45) is 5.92 Å². The Labute approximate surface area is 232 Å². The summed E-state index contributed by atoms with van der Waals surface area (Å²) in [4.78, 5) is 28.9. The van der Waals surface area contributed by atoms with Crippen LogP contribution in [0.15, 0.2) is 102 Å². The Kier molecular flexibility index (Phi) is 9.55. The first-order valence-electron chi connectivity index (χ1n) is 12.9. The minimum Gasteiger partial charge on any atom is -0.483 e. The molecule has 0 aromatic heterocycles. The molecule has 0 unspecified atom stereocenters. The Morgan fingerprint density at radius 3 is 2.16 bits per heavy atom. The number of rotatable bonds is 11. The number of ether oxygens (including phenoxy) is 1. The zero-order valence-electron chi connectivity index (χ0n) is 21.8. The third-order valence-corrected chi connectivity index (χ3v) is 7.15. The molecule has 4 aromatic carbocycles. The minimum absolute atomic E-state index is 0.168. The number of benzene rings is 4. The molecule has 0 saturated heterocycles. The lowest BCUT2D eigenvalue weighted by atomic mass is 10.0. The third kappa shape index (κ3) is 7.23. The molecule has 6 heteroatoms. The Hall–Kier alpha value is -3.64. The van der Waals surface area contributed by atoms with E-state index in [2.05, 4.69) is 35.1 Å². The Bertz CT molecular complexity index is 1360. The molecule has 4 aromatic rings. The molecule has 1 atom stereocenters. The topological polar surface area (TPSA) is 58.6 Å². The number of fused-ring (bicyclic) bond motifs is 1. The fourth-order valence-electron chi connectivity index (χ4n) is 4.30.